The van der Waals surface area contributed by atoms with Gasteiger partial charge >= 0.3 is 0 Å². The van der Waals surface area contributed by atoms with Crippen LogP contribution >= 0.6 is 0 Å². The van der Waals surface area contributed by atoms with Crippen molar-refractivity contribution in [3.63, 3.8) is 0 Å². The first kappa shape index (κ1) is 18.4. The topological polar surface area (TPSA) is 87.7 Å². The van der Waals surface area contributed by atoms with Crippen LogP contribution in [0.25, 0.3) is 0 Å². The number of carbonyl (C=O) groups excluding carboxylic acids is 1. The van der Waals surface area contributed by atoms with Crippen molar-refractivity contribution in [1.29, 1.82) is 0 Å². The van der Waals surface area contributed by atoms with Gasteiger partial charge in [-0.2, -0.15) is 5.10 Å². The third-order valence-electron chi connectivity index (χ3n) is 4.38. The van der Waals surface area contributed by atoms with Crippen molar-refractivity contribution in [3.8, 4) is 5.75 Å². The van der Waals surface area contributed by atoms with Crippen LogP contribution in [0.1, 0.15) is 18.4 Å². The number of amides is 1. The summed E-state index contributed by atoms with van der Waals surface area (Å²) >= 11 is 0. The second kappa shape index (κ2) is 8.82. The van der Waals surface area contributed by atoms with Gasteiger partial charge in [0.15, 0.2) is 0 Å². The molecule has 1 saturated heterocycles. The van der Waals surface area contributed by atoms with E-state index in [9.17, 15) is 9.90 Å². The standard InChI is InChI=1S/C19H25N3O4/c23-18(8-4-5-16-11-20-21-12-16)22-9-10-25-14-19(24,13-22)15-26-17-6-2-1-3-7-17/h1-3,6-7,11-12,24H,4-5,8-10,13-15H2,(H,20,21)/t19-/m0/s1. The Balaban J connectivity index is 1.51. The van der Waals surface area contributed by atoms with Gasteiger partial charge in [-0.3, -0.25) is 9.89 Å². The van der Waals surface area contributed by atoms with Crippen molar-refractivity contribution in [1.82, 2.24) is 15.1 Å². The maximum atomic E-state index is 12.5. The molecule has 0 unspecified atom stereocenters. The Labute approximate surface area is 152 Å². The average Bonchev–Trinajstić information content (AvgIpc) is 3.09. The van der Waals surface area contributed by atoms with Gasteiger partial charge in [-0.1, -0.05) is 18.2 Å². The van der Waals surface area contributed by atoms with Crippen molar-refractivity contribution in [2.24, 2.45) is 0 Å². The molecule has 0 radical (unpaired) electrons. The Kier molecular flexibility index (Phi) is 6.25. The SMILES string of the molecule is O=C(CCCc1cn[nH]c1)N1CCOC[C@](O)(COc2ccccc2)C1. The molecule has 1 aromatic heterocycles. The maximum absolute atomic E-state index is 12.5. The molecule has 7 heteroatoms. The minimum absolute atomic E-state index is 0.0251. The number of H-pyrrole nitrogens is 1. The van der Waals surface area contributed by atoms with Gasteiger partial charge in [0.25, 0.3) is 0 Å². The van der Waals surface area contributed by atoms with E-state index in [1.807, 2.05) is 36.5 Å². The smallest absolute Gasteiger partial charge is 0.222 e. The number of aromatic amines is 1. The van der Waals surface area contributed by atoms with Crippen molar-refractivity contribution in [3.05, 3.63) is 48.3 Å². The number of aryl methyl sites for hydroxylation is 1. The van der Waals surface area contributed by atoms with Gasteiger partial charge in [0.05, 0.1) is 26.0 Å². The van der Waals surface area contributed by atoms with Crippen LogP contribution in [0, 0.1) is 0 Å². The predicted molar refractivity (Wildman–Crippen MR) is 95.8 cm³/mol. The van der Waals surface area contributed by atoms with E-state index < -0.39 is 5.60 Å². The van der Waals surface area contributed by atoms with Gasteiger partial charge in [0.2, 0.25) is 5.91 Å². The fourth-order valence-corrected chi connectivity index (χ4v) is 2.97. The largest absolute Gasteiger partial charge is 0.490 e. The number of rotatable bonds is 7. The third-order valence-corrected chi connectivity index (χ3v) is 4.38. The summed E-state index contributed by atoms with van der Waals surface area (Å²) < 4.78 is 11.2. The number of aliphatic hydroxyl groups is 1. The molecule has 2 heterocycles. The fraction of sp³-hybridized carbons (Fsp3) is 0.474. The molecule has 7 nitrogen and oxygen atoms in total. The van der Waals surface area contributed by atoms with Crippen LogP contribution in [0.2, 0.25) is 0 Å². The van der Waals surface area contributed by atoms with E-state index >= 15 is 0 Å². The molecule has 2 N–H and O–H groups in total. The summed E-state index contributed by atoms with van der Waals surface area (Å²) in [4.78, 5) is 14.2. The lowest BCUT2D eigenvalue weighted by Crippen LogP contribution is -2.50. The van der Waals surface area contributed by atoms with Gasteiger partial charge in [-0.25, -0.2) is 0 Å². The molecule has 3 rings (SSSR count). The number of para-hydroxylation sites is 1. The molecule has 0 saturated carbocycles. The molecular weight excluding hydrogens is 334 g/mol. The molecule has 1 aliphatic rings. The molecule has 0 bridgehead atoms. The van der Waals surface area contributed by atoms with Gasteiger partial charge in [-0.15, -0.1) is 0 Å². The van der Waals surface area contributed by atoms with Gasteiger partial charge in [0, 0.05) is 19.2 Å². The zero-order chi connectivity index (χ0) is 18.2. The number of hydrogen-bond donors (Lipinski definition) is 2. The molecule has 0 spiro atoms. The second-order valence-corrected chi connectivity index (χ2v) is 6.65. The summed E-state index contributed by atoms with van der Waals surface area (Å²) in [5, 5.41) is 17.5. The first-order chi connectivity index (χ1) is 12.6. The average molecular weight is 359 g/mol. The second-order valence-electron chi connectivity index (χ2n) is 6.65. The van der Waals surface area contributed by atoms with Crippen LogP contribution in [0.4, 0.5) is 0 Å². The lowest BCUT2D eigenvalue weighted by Gasteiger charge is -2.30. The summed E-state index contributed by atoms with van der Waals surface area (Å²) in [5.74, 6) is 0.709. The van der Waals surface area contributed by atoms with E-state index in [4.69, 9.17) is 9.47 Å². The highest BCUT2D eigenvalue weighted by Gasteiger charge is 2.35. The van der Waals surface area contributed by atoms with E-state index in [-0.39, 0.29) is 25.7 Å². The van der Waals surface area contributed by atoms with Gasteiger partial charge in [-0.05, 0) is 30.5 Å². The van der Waals surface area contributed by atoms with Crippen LogP contribution in [0.15, 0.2) is 42.7 Å². The predicted octanol–water partition coefficient (Wildman–Crippen LogP) is 1.40. The van der Waals surface area contributed by atoms with Crippen molar-refractivity contribution in [2.75, 3.05) is 32.9 Å². The van der Waals surface area contributed by atoms with E-state index in [1.165, 1.54) is 0 Å². The fourth-order valence-electron chi connectivity index (χ4n) is 2.97. The molecule has 1 amide bonds. The van der Waals surface area contributed by atoms with Crippen molar-refractivity contribution < 1.29 is 19.4 Å². The van der Waals surface area contributed by atoms with Gasteiger partial charge < -0.3 is 19.5 Å². The van der Waals surface area contributed by atoms with Crippen LogP contribution < -0.4 is 4.74 Å². The van der Waals surface area contributed by atoms with Gasteiger partial charge in [0.1, 0.15) is 18.0 Å². The molecule has 1 aromatic carbocycles. The molecule has 1 atom stereocenters. The number of aromatic nitrogens is 2. The number of hydrogen-bond acceptors (Lipinski definition) is 5. The summed E-state index contributed by atoms with van der Waals surface area (Å²) in [6, 6.07) is 9.32. The zero-order valence-electron chi connectivity index (χ0n) is 14.8. The van der Waals surface area contributed by atoms with Crippen molar-refractivity contribution >= 4 is 5.91 Å². The first-order valence-corrected chi connectivity index (χ1v) is 8.88. The first-order valence-electron chi connectivity index (χ1n) is 8.88. The van der Waals surface area contributed by atoms with Crippen molar-refractivity contribution in [2.45, 2.75) is 24.9 Å². The minimum Gasteiger partial charge on any atom is -0.490 e. The Morgan fingerprint density at radius 2 is 2.23 bits per heavy atom. The molecule has 1 aliphatic heterocycles. The van der Waals surface area contributed by atoms with E-state index in [2.05, 4.69) is 10.2 Å². The number of ether oxygens (including phenoxy) is 2. The number of β-amino-alcohol motifs (C(OH)–C–C–N with tert-alkyl or cyclic N) is 1. The molecule has 26 heavy (non-hydrogen) atoms. The van der Waals surface area contributed by atoms with Crippen LogP contribution in [-0.2, 0) is 16.0 Å². The van der Waals surface area contributed by atoms with E-state index in [0.717, 1.165) is 18.4 Å². The van der Waals surface area contributed by atoms with Crippen LogP contribution in [-0.4, -0.2) is 64.6 Å². The summed E-state index contributed by atoms with van der Waals surface area (Å²) in [6.45, 7) is 1.35. The Morgan fingerprint density at radius 3 is 3.00 bits per heavy atom. The van der Waals surface area contributed by atoms with Crippen LogP contribution in [0.3, 0.4) is 0 Å². The summed E-state index contributed by atoms with van der Waals surface area (Å²) in [5.41, 5.74) is -0.128. The zero-order valence-corrected chi connectivity index (χ0v) is 14.8. The highest BCUT2D eigenvalue weighted by atomic mass is 16.5. The molecule has 140 valence electrons. The van der Waals surface area contributed by atoms with E-state index in [0.29, 0.717) is 25.3 Å². The lowest BCUT2D eigenvalue weighted by molar-refractivity contribution is -0.135. The Morgan fingerprint density at radius 1 is 1.38 bits per heavy atom. The highest BCUT2D eigenvalue weighted by molar-refractivity contribution is 5.76. The molecular formula is C19H25N3O4. The molecule has 0 aliphatic carbocycles. The number of nitrogens with zero attached hydrogens (tertiary/aromatic N) is 2. The Bertz CT molecular complexity index is 677. The quantitative estimate of drug-likeness (QED) is 0.780. The molecule has 1 fully saturated rings. The third kappa shape index (κ3) is 5.31. The number of benzene rings is 1. The van der Waals surface area contributed by atoms with E-state index in [1.54, 1.807) is 11.1 Å². The normalized spacial score (nSPS) is 20.6. The minimum atomic E-state index is -1.22. The highest BCUT2D eigenvalue weighted by Crippen LogP contribution is 2.17. The lowest BCUT2D eigenvalue weighted by atomic mass is 10.1. The maximum Gasteiger partial charge on any atom is 0.222 e. The monoisotopic (exact) mass is 359 g/mol. The summed E-state index contributed by atoms with van der Waals surface area (Å²) in [6.07, 6.45) is 5.58. The Hall–Kier alpha value is -2.38. The van der Waals surface area contributed by atoms with Crippen LogP contribution in [0.5, 0.6) is 5.75 Å². The number of carbonyl (C=O) groups is 1. The molecule has 2 aromatic rings. The summed E-state index contributed by atoms with van der Waals surface area (Å²) in [7, 11) is 0. The number of nitrogens with one attached hydrogen (secondary N) is 1.